The van der Waals surface area contributed by atoms with Gasteiger partial charge >= 0.3 is 0 Å². The van der Waals surface area contributed by atoms with Crippen LogP contribution in [0.2, 0.25) is 0 Å². The third-order valence-electron chi connectivity index (χ3n) is 25.2. The highest BCUT2D eigenvalue weighted by Crippen LogP contribution is 2.44. The van der Waals surface area contributed by atoms with Crippen LogP contribution in [0, 0.1) is 122 Å². The maximum atomic E-state index is 10.3. The fourth-order valence-electron chi connectivity index (χ4n) is 18.6. The van der Waals surface area contributed by atoms with E-state index in [4.69, 9.17) is 56.2 Å². The van der Waals surface area contributed by atoms with E-state index in [1.54, 1.807) is 64.1 Å². The molecule has 0 aliphatic heterocycles. The predicted octanol–water partition coefficient (Wildman–Crippen LogP) is 27.9. The van der Waals surface area contributed by atoms with Crippen LogP contribution in [0.3, 0.4) is 0 Å². The number of benzene rings is 16. The van der Waals surface area contributed by atoms with Crippen LogP contribution in [0.15, 0.2) is 352 Å². The second-order valence-electron chi connectivity index (χ2n) is 34.3. The maximum absolute atomic E-state index is 10.3. The standard InChI is InChI=1S/2C35H20N6.2C26H15N7/c36-21-23-15-18-32-30(19-23)29-13-7-8-14-31(29)41(32)27-16-17-28(26(20-27)22-37)35-39-33(24-9-3-1-4-10-24)38-34(40-35)25-11-5-2-6-12-25;36-21-23-15-18-32-30(19-23)28-13-7-8-14-31(28)41(32)27-17-16-26(22-37)29(20-27)35-39-33(24-9-3-1-4-10-24)38-34(40-35)25-11-5-2-6-12-25;1-15-30-16(2)32-26(31-15)22-13-19(7-10-23(22)29-4)33-24-11-17(14-27)5-8-20(24)21-9-6-18(28-3)12-25(21)33;1-15-30-16(2)32-26(31-15)22-10-7-19(13-23(22)29-4)33-24-11-17(14-27)5-8-20(24)21-9-6-18(28-3)12-25(21)33/h2*1-20H;2*5-13H,1-2H3. The molecule has 0 aliphatic rings. The lowest BCUT2D eigenvalue weighted by Gasteiger charge is -2.12. The quantitative estimate of drug-likeness (QED) is 0.103. The van der Waals surface area contributed by atoms with E-state index >= 15 is 0 Å². The van der Waals surface area contributed by atoms with Crippen LogP contribution in [0.25, 0.3) is 220 Å². The van der Waals surface area contributed by atoms with E-state index in [2.05, 4.69) is 113 Å². The molecule has 0 saturated carbocycles. The molecule has 8 aromatic heterocycles. The number of aryl methyl sites for hydroxylation is 4. The van der Waals surface area contributed by atoms with E-state index in [9.17, 15) is 31.6 Å². The lowest BCUT2D eigenvalue weighted by molar-refractivity contribution is 0.928. The normalized spacial score (nSPS) is 10.8. The van der Waals surface area contributed by atoms with E-state index in [0.717, 1.165) is 132 Å². The maximum Gasteiger partial charge on any atom is 0.200 e. The van der Waals surface area contributed by atoms with Gasteiger partial charge in [0.2, 0.25) is 0 Å². The van der Waals surface area contributed by atoms with Crippen LogP contribution in [-0.2, 0) is 0 Å². The summed E-state index contributed by atoms with van der Waals surface area (Å²) in [5, 5.41) is 66.3. The van der Waals surface area contributed by atoms with E-state index in [1.807, 2.05) is 306 Å². The Kier molecular flexibility index (Phi) is 24.6. The first-order chi connectivity index (χ1) is 72.5. The van der Waals surface area contributed by atoms with Gasteiger partial charge in [-0.15, -0.1) is 0 Å². The molecule has 148 heavy (non-hydrogen) atoms. The van der Waals surface area contributed by atoms with Crippen molar-refractivity contribution in [3.63, 3.8) is 0 Å². The first-order valence-corrected chi connectivity index (χ1v) is 46.4. The molecule has 24 rings (SSSR count). The number of aromatic nitrogens is 16. The molecule has 0 fully saturated rings. The molecule has 0 unspecified atom stereocenters. The molecule has 0 N–H and O–H groups in total. The van der Waals surface area contributed by atoms with Crippen LogP contribution in [0.1, 0.15) is 56.7 Å². The number of para-hydroxylation sites is 2. The Morgan fingerprint density at radius 1 is 0.203 bits per heavy atom. The highest BCUT2D eigenvalue weighted by molar-refractivity contribution is 6.14. The fraction of sp³-hybridized carbons (Fsp3) is 0.0328. The molecule has 24 aromatic rings. The molecule has 0 radical (unpaired) electrons. The molecule has 0 amide bonds. The summed E-state index contributed by atoms with van der Waals surface area (Å²) < 4.78 is 8.27. The topological polar surface area (TPSA) is 335 Å². The Hall–Kier alpha value is -22.3. The first kappa shape index (κ1) is 92.0. The Labute approximate surface area is 846 Å². The van der Waals surface area contributed by atoms with Gasteiger partial charge in [-0.05, 0) is 173 Å². The van der Waals surface area contributed by atoms with E-state index in [-0.39, 0.29) is 0 Å². The zero-order valence-electron chi connectivity index (χ0n) is 79.1. The van der Waals surface area contributed by atoms with Gasteiger partial charge in [0.05, 0.1) is 129 Å². The van der Waals surface area contributed by atoms with Crippen LogP contribution in [-0.4, -0.2) is 78.1 Å². The van der Waals surface area contributed by atoms with E-state index in [0.29, 0.717) is 148 Å². The summed E-state index contributed by atoms with van der Waals surface area (Å²) in [5.41, 5.74) is 21.5. The minimum absolute atomic E-state index is 0.408. The van der Waals surface area contributed by atoms with E-state index < -0.39 is 0 Å². The second-order valence-corrected chi connectivity index (χ2v) is 34.3. The van der Waals surface area contributed by atoms with Gasteiger partial charge in [-0.25, -0.2) is 79.2 Å². The van der Waals surface area contributed by atoms with Gasteiger partial charge in [-0.1, -0.05) is 206 Å². The van der Waals surface area contributed by atoms with Crippen LogP contribution >= 0.6 is 0 Å². The average Bonchev–Trinajstić information content (AvgIpc) is 1.60. The average molecular weight is 1900 g/mol. The van der Waals surface area contributed by atoms with Crippen molar-refractivity contribution in [2.45, 2.75) is 27.7 Å². The lowest BCUT2D eigenvalue weighted by Crippen LogP contribution is -2.02. The van der Waals surface area contributed by atoms with Gasteiger partial charge in [0.15, 0.2) is 69.3 Å². The Balaban J connectivity index is 0.000000116. The van der Waals surface area contributed by atoms with Crippen molar-refractivity contribution in [2.75, 3.05) is 0 Å². The molecule has 0 aliphatic carbocycles. The van der Waals surface area contributed by atoms with Gasteiger partial charge in [0, 0.05) is 121 Å². The summed E-state index contributed by atoms with van der Waals surface area (Å²) >= 11 is 0. The molecule has 26 heteroatoms. The van der Waals surface area contributed by atoms with Crippen molar-refractivity contribution in [3.05, 3.63) is 454 Å². The molecule has 688 valence electrons. The summed E-state index contributed by atoms with van der Waals surface area (Å²) in [5.74, 6) is 6.24. The number of hydrogen-bond acceptors (Lipinski definition) is 18. The Bertz CT molecular complexity index is 9770. The minimum atomic E-state index is 0.408. The number of hydrogen-bond donors (Lipinski definition) is 0. The van der Waals surface area contributed by atoms with E-state index in [1.165, 1.54) is 0 Å². The van der Waals surface area contributed by atoms with Crippen molar-refractivity contribution < 1.29 is 0 Å². The van der Waals surface area contributed by atoms with Gasteiger partial charge < -0.3 is 18.3 Å². The van der Waals surface area contributed by atoms with Crippen molar-refractivity contribution >= 4 is 110 Å². The van der Waals surface area contributed by atoms with Gasteiger partial charge in [0.25, 0.3) is 0 Å². The number of fused-ring (bicyclic) bond motifs is 12. The highest BCUT2D eigenvalue weighted by atomic mass is 15.1. The molecular formula is C122H70N26. The molecular weight excluding hydrogens is 1830 g/mol. The predicted molar refractivity (Wildman–Crippen MR) is 572 cm³/mol. The Morgan fingerprint density at radius 2 is 0.514 bits per heavy atom. The summed E-state index contributed by atoms with van der Waals surface area (Å²) in [7, 11) is 0. The van der Waals surface area contributed by atoms with Crippen LogP contribution in [0.4, 0.5) is 22.7 Å². The number of nitrogens with zero attached hydrogens (tertiary/aromatic N) is 26. The Morgan fingerprint density at radius 3 is 0.926 bits per heavy atom. The number of rotatable bonds is 12. The summed E-state index contributed by atoms with van der Waals surface area (Å²) in [6.45, 7) is 37.5. The van der Waals surface area contributed by atoms with Crippen molar-refractivity contribution in [1.29, 1.82) is 31.6 Å². The summed E-state index contributed by atoms with van der Waals surface area (Å²) in [6.07, 6.45) is 0. The van der Waals surface area contributed by atoms with Crippen molar-refractivity contribution in [2.24, 2.45) is 0 Å². The van der Waals surface area contributed by atoms with Crippen LogP contribution in [0.5, 0.6) is 0 Å². The fourth-order valence-corrected chi connectivity index (χ4v) is 18.6. The van der Waals surface area contributed by atoms with Gasteiger partial charge in [-0.3, -0.25) is 0 Å². The monoisotopic (exact) mass is 1900 g/mol. The molecule has 0 saturated heterocycles. The zero-order valence-corrected chi connectivity index (χ0v) is 79.1. The summed E-state index contributed by atoms with van der Waals surface area (Å²) in [6, 6.07) is 125. The van der Waals surface area contributed by atoms with Crippen molar-refractivity contribution in [1.82, 2.24) is 78.1 Å². The second kappa shape index (κ2) is 39.5. The van der Waals surface area contributed by atoms with Crippen molar-refractivity contribution in [3.8, 4) is 150 Å². The summed E-state index contributed by atoms with van der Waals surface area (Å²) in [4.78, 5) is 69.7. The molecule has 16 aromatic carbocycles. The smallest absolute Gasteiger partial charge is 0.200 e. The molecule has 0 spiro atoms. The molecule has 0 bridgehead atoms. The molecule has 26 nitrogen and oxygen atoms in total. The van der Waals surface area contributed by atoms with Gasteiger partial charge in [-0.2, -0.15) is 31.6 Å². The minimum Gasteiger partial charge on any atom is -0.312 e. The molecule has 8 heterocycles. The van der Waals surface area contributed by atoms with Crippen LogP contribution < -0.4 is 0 Å². The highest BCUT2D eigenvalue weighted by Gasteiger charge is 2.26. The molecule has 0 atom stereocenters. The lowest BCUT2D eigenvalue weighted by atomic mass is 10.1. The zero-order chi connectivity index (χ0) is 102. The van der Waals surface area contributed by atoms with Gasteiger partial charge in [0.1, 0.15) is 23.3 Å². The SMILES string of the molecule is N#Cc1ccc2c(c1)c1ccccc1n2-c1ccc(-c2nc(-c3ccccc3)nc(-c3ccccc3)n2)c(C#N)c1.N#Cc1ccc2c(c1)c1ccccc1n2-c1ccc(C#N)c(-c2nc(-c3ccccc3)nc(-c3ccccc3)n2)c1.[C-]#[N+]c1ccc2c3ccc(C#N)cc3n(-c3ccc(-c4nc(C)nc(C)n4)c([N+]#[C-])c3)c2c1.[C-]#[N+]c1ccc2c3ccc(C#N)cc3n(-c3ccc([N+]#[C-])c(-c4nc(C)nc(C)n4)c3)c2c1. The number of nitriles is 6. The third kappa shape index (κ3) is 17.5. The first-order valence-electron chi connectivity index (χ1n) is 46.4. The third-order valence-corrected chi connectivity index (χ3v) is 25.2. The largest absolute Gasteiger partial charge is 0.312 e.